The molecule has 2 N–H and O–H groups in total. The average molecular weight is 272 g/mol. The topological polar surface area (TPSA) is 46.3 Å². The summed E-state index contributed by atoms with van der Waals surface area (Å²) in [5, 5.41) is 0. The monoisotopic (exact) mass is 272 g/mol. The zero-order valence-corrected chi connectivity index (χ0v) is 12.5. The maximum absolute atomic E-state index is 13.0. The van der Waals surface area contributed by atoms with Crippen molar-refractivity contribution in [2.24, 2.45) is 11.3 Å². The first-order valence-electron chi connectivity index (χ1n) is 7.69. The highest BCUT2D eigenvalue weighted by Crippen LogP contribution is 2.44. The number of hydrogen-bond donors (Lipinski definition) is 1. The van der Waals surface area contributed by atoms with Crippen molar-refractivity contribution in [1.82, 2.24) is 0 Å². The lowest BCUT2D eigenvalue weighted by Gasteiger charge is -2.35. The van der Waals surface area contributed by atoms with Gasteiger partial charge in [0.25, 0.3) is 0 Å². The molecule has 1 aromatic carbocycles. The Balaban J connectivity index is 1.92. The first kappa shape index (κ1) is 13.5. The predicted molar refractivity (Wildman–Crippen MR) is 82.7 cm³/mol. The van der Waals surface area contributed by atoms with Crippen LogP contribution in [0.15, 0.2) is 18.2 Å². The highest BCUT2D eigenvalue weighted by molar-refractivity contribution is 5.97. The van der Waals surface area contributed by atoms with Crippen molar-refractivity contribution in [3.8, 4) is 0 Å². The Bertz CT molecular complexity index is 536. The number of aryl methyl sites for hydroxylation is 1. The summed E-state index contributed by atoms with van der Waals surface area (Å²) in [5.74, 6) is 0.467. The molecule has 1 aromatic rings. The van der Waals surface area contributed by atoms with Gasteiger partial charge >= 0.3 is 0 Å². The molecule has 20 heavy (non-hydrogen) atoms. The van der Waals surface area contributed by atoms with E-state index in [1.807, 2.05) is 17.0 Å². The van der Waals surface area contributed by atoms with E-state index in [2.05, 4.69) is 19.9 Å². The zero-order valence-electron chi connectivity index (χ0n) is 12.5. The van der Waals surface area contributed by atoms with Crippen LogP contribution in [0.3, 0.4) is 0 Å². The van der Waals surface area contributed by atoms with Crippen LogP contribution in [0.4, 0.5) is 11.4 Å². The van der Waals surface area contributed by atoms with E-state index in [0.29, 0.717) is 5.91 Å². The van der Waals surface area contributed by atoms with E-state index in [0.717, 1.165) is 43.6 Å². The van der Waals surface area contributed by atoms with Gasteiger partial charge in [0.05, 0.1) is 0 Å². The molecule has 0 saturated heterocycles. The molecule has 0 radical (unpaired) electrons. The normalized spacial score (nSPS) is 24.5. The lowest BCUT2D eigenvalue weighted by Crippen LogP contribution is -2.42. The molecule has 1 atom stereocenters. The van der Waals surface area contributed by atoms with Crippen LogP contribution in [0.1, 0.15) is 45.1 Å². The standard InChI is InChI=1S/C17H24N2O/c1-17(2)9-3-6-14(17)16(20)19-10-4-5-12-7-8-13(18)11-15(12)19/h7-8,11,14H,3-6,9-10,18H2,1-2H3. The summed E-state index contributed by atoms with van der Waals surface area (Å²) < 4.78 is 0. The molecule has 1 amide bonds. The number of carbonyl (C=O) groups excluding carboxylic acids is 1. The number of rotatable bonds is 1. The number of benzene rings is 1. The average Bonchev–Trinajstić information content (AvgIpc) is 2.77. The van der Waals surface area contributed by atoms with Gasteiger partial charge in [-0.15, -0.1) is 0 Å². The van der Waals surface area contributed by atoms with E-state index >= 15 is 0 Å². The molecule has 3 rings (SSSR count). The number of nitrogens with zero attached hydrogens (tertiary/aromatic N) is 1. The molecular weight excluding hydrogens is 248 g/mol. The fourth-order valence-corrected chi connectivity index (χ4v) is 3.79. The van der Waals surface area contributed by atoms with Gasteiger partial charge in [-0.25, -0.2) is 0 Å². The second-order valence-corrected chi connectivity index (χ2v) is 6.91. The SMILES string of the molecule is CC1(C)CCCC1C(=O)N1CCCc2ccc(N)cc21. The Hall–Kier alpha value is -1.51. The second kappa shape index (κ2) is 4.80. The van der Waals surface area contributed by atoms with Gasteiger partial charge in [0, 0.05) is 23.8 Å². The summed E-state index contributed by atoms with van der Waals surface area (Å²) in [6, 6.07) is 5.98. The van der Waals surface area contributed by atoms with E-state index in [4.69, 9.17) is 5.73 Å². The van der Waals surface area contributed by atoms with E-state index in [1.165, 1.54) is 12.0 Å². The van der Waals surface area contributed by atoms with Crippen LogP contribution in [0.2, 0.25) is 0 Å². The van der Waals surface area contributed by atoms with Gasteiger partial charge in [-0.3, -0.25) is 4.79 Å². The number of amides is 1. The van der Waals surface area contributed by atoms with Crippen molar-refractivity contribution >= 4 is 17.3 Å². The molecule has 0 aromatic heterocycles. The third-order valence-corrected chi connectivity index (χ3v) is 5.05. The van der Waals surface area contributed by atoms with Crippen LogP contribution in [-0.2, 0) is 11.2 Å². The van der Waals surface area contributed by atoms with E-state index < -0.39 is 0 Å². The van der Waals surface area contributed by atoms with Crippen LogP contribution in [-0.4, -0.2) is 12.5 Å². The minimum absolute atomic E-state index is 0.134. The molecule has 1 saturated carbocycles. The lowest BCUT2D eigenvalue weighted by molar-refractivity contribution is -0.125. The molecule has 2 aliphatic rings. The highest BCUT2D eigenvalue weighted by Gasteiger charge is 2.42. The van der Waals surface area contributed by atoms with Gasteiger partial charge in [0.1, 0.15) is 0 Å². The molecule has 0 bridgehead atoms. The Labute approximate surface area is 121 Å². The van der Waals surface area contributed by atoms with Gasteiger partial charge < -0.3 is 10.6 Å². The van der Waals surface area contributed by atoms with Crippen molar-refractivity contribution in [1.29, 1.82) is 0 Å². The molecule has 1 aliphatic carbocycles. The number of nitrogens with two attached hydrogens (primary N) is 1. The number of fused-ring (bicyclic) bond motifs is 1. The van der Waals surface area contributed by atoms with Gasteiger partial charge in [0.15, 0.2) is 0 Å². The third kappa shape index (κ3) is 2.19. The largest absolute Gasteiger partial charge is 0.399 e. The van der Waals surface area contributed by atoms with E-state index in [1.54, 1.807) is 0 Å². The molecule has 1 heterocycles. The number of nitrogen functional groups attached to an aromatic ring is 1. The minimum atomic E-state index is 0.134. The zero-order chi connectivity index (χ0) is 14.3. The maximum Gasteiger partial charge on any atom is 0.230 e. The Morgan fingerprint density at radius 3 is 2.85 bits per heavy atom. The molecular formula is C17H24N2O. The second-order valence-electron chi connectivity index (χ2n) is 6.91. The van der Waals surface area contributed by atoms with Crippen LogP contribution >= 0.6 is 0 Å². The van der Waals surface area contributed by atoms with Crippen LogP contribution < -0.4 is 10.6 Å². The lowest BCUT2D eigenvalue weighted by atomic mass is 9.80. The summed E-state index contributed by atoms with van der Waals surface area (Å²) in [7, 11) is 0. The van der Waals surface area contributed by atoms with Gasteiger partial charge in [0.2, 0.25) is 5.91 Å². The molecule has 0 spiro atoms. The van der Waals surface area contributed by atoms with Crippen LogP contribution in [0, 0.1) is 11.3 Å². The summed E-state index contributed by atoms with van der Waals surface area (Å²) in [6.07, 6.45) is 5.45. The summed E-state index contributed by atoms with van der Waals surface area (Å²) in [5.41, 5.74) is 9.10. The number of carbonyl (C=O) groups is 1. The quantitative estimate of drug-likeness (QED) is 0.797. The van der Waals surface area contributed by atoms with Gasteiger partial charge in [-0.05, 0) is 48.8 Å². The van der Waals surface area contributed by atoms with Gasteiger partial charge in [-0.2, -0.15) is 0 Å². The molecule has 1 fully saturated rings. The van der Waals surface area contributed by atoms with Crippen molar-refractivity contribution in [2.45, 2.75) is 46.0 Å². The summed E-state index contributed by atoms with van der Waals surface area (Å²) in [4.78, 5) is 15.0. The summed E-state index contributed by atoms with van der Waals surface area (Å²) >= 11 is 0. The molecule has 3 heteroatoms. The van der Waals surface area contributed by atoms with Crippen LogP contribution in [0.25, 0.3) is 0 Å². The first-order valence-corrected chi connectivity index (χ1v) is 7.69. The molecule has 108 valence electrons. The number of anilines is 2. The van der Waals surface area contributed by atoms with Crippen molar-refractivity contribution in [3.63, 3.8) is 0 Å². The molecule has 1 unspecified atom stereocenters. The van der Waals surface area contributed by atoms with E-state index in [9.17, 15) is 4.79 Å². The Kier molecular flexibility index (Phi) is 3.23. The van der Waals surface area contributed by atoms with Crippen molar-refractivity contribution < 1.29 is 4.79 Å². The summed E-state index contributed by atoms with van der Waals surface area (Å²) in [6.45, 7) is 5.29. The van der Waals surface area contributed by atoms with Crippen molar-refractivity contribution in [2.75, 3.05) is 17.2 Å². The van der Waals surface area contributed by atoms with Crippen molar-refractivity contribution in [3.05, 3.63) is 23.8 Å². The fourth-order valence-electron chi connectivity index (χ4n) is 3.79. The fraction of sp³-hybridized carbons (Fsp3) is 0.588. The Morgan fingerprint density at radius 1 is 1.35 bits per heavy atom. The van der Waals surface area contributed by atoms with Gasteiger partial charge in [-0.1, -0.05) is 26.3 Å². The number of hydrogen-bond acceptors (Lipinski definition) is 2. The van der Waals surface area contributed by atoms with Crippen LogP contribution in [0.5, 0.6) is 0 Å². The minimum Gasteiger partial charge on any atom is -0.399 e. The highest BCUT2D eigenvalue weighted by atomic mass is 16.2. The smallest absolute Gasteiger partial charge is 0.230 e. The third-order valence-electron chi connectivity index (χ3n) is 5.05. The molecule has 1 aliphatic heterocycles. The predicted octanol–water partition coefficient (Wildman–Crippen LogP) is 3.37. The molecule has 3 nitrogen and oxygen atoms in total. The Morgan fingerprint density at radius 2 is 2.15 bits per heavy atom. The first-order chi connectivity index (χ1) is 9.49. The van der Waals surface area contributed by atoms with E-state index in [-0.39, 0.29) is 11.3 Å². The maximum atomic E-state index is 13.0.